The number of para-hydroxylation sites is 1. The third kappa shape index (κ3) is 3.96. The molecule has 3 aromatic rings. The minimum Gasteiger partial charge on any atom is -0.508 e. The van der Waals surface area contributed by atoms with Crippen molar-refractivity contribution in [3.8, 4) is 11.5 Å². The monoisotopic (exact) mass is 607 g/mol. The standard InChI is InChI=1S/C34H29N3O8/c1-34-26(31(40)36(33(34)42)18-7-4-3-5-8-18)17-25-22(29(34)23-12-11-21(45-2)16-27(23)38)13-14-24-28(25)32(41)35(30(24)39)19-9-6-10-20(15-19)37(43)44/h3-13,15-16,24-26,28-29,38H,14,17H2,1-2H3/t24-,25+,26-,28-,29+,34+/m0/s1. The van der Waals surface area contributed by atoms with E-state index < -0.39 is 63.6 Å². The van der Waals surface area contributed by atoms with Gasteiger partial charge in [0.05, 0.1) is 46.6 Å². The molecule has 2 aliphatic heterocycles. The van der Waals surface area contributed by atoms with Crippen molar-refractivity contribution >= 4 is 40.7 Å². The Balaban J connectivity index is 1.37. The Morgan fingerprint density at radius 1 is 0.889 bits per heavy atom. The first-order chi connectivity index (χ1) is 21.6. The highest BCUT2D eigenvalue weighted by atomic mass is 16.6. The number of aromatic hydroxyl groups is 1. The second-order valence-electron chi connectivity index (χ2n) is 12.2. The second kappa shape index (κ2) is 10.1. The van der Waals surface area contributed by atoms with Crippen molar-refractivity contribution in [3.63, 3.8) is 0 Å². The lowest BCUT2D eigenvalue weighted by atomic mass is 9.51. The number of ether oxygens (including phenoxy) is 1. The lowest BCUT2D eigenvalue weighted by Crippen LogP contribution is -2.48. The van der Waals surface area contributed by atoms with Gasteiger partial charge in [-0.15, -0.1) is 0 Å². The van der Waals surface area contributed by atoms with Gasteiger partial charge in [-0.25, -0.2) is 9.80 Å². The van der Waals surface area contributed by atoms with Crippen LogP contribution in [0.1, 0.15) is 31.2 Å². The molecule has 3 aromatic carbocycles. The van der Waals surface area contributed by atoms with E-state index in [2.05, 4.69) is 0 Å². The van der Waals surface area contributed by atoms with Gasteiger partial charge in [0, 0.05) is 29.7 Å². The first kappa shape index (κ1) is 28.5. The van der Waals surface area contributed by atoms with E-state index in [1.54, 1.807) is 49.4 Å². The van der Waals surface area contributed by atoms with Crippen molar-refractivity contribution < 1.29 is 33.9 Å². The van der Waals surface area contributed by atoms with Crippen molar-refractivity contribution in [1.82, 2.24) is 0 Å². The maximum absolute atomic E-state index is 14.4. The molecule has 2 heterocycles. The minimum absolute atomic E-state index is 0.113. The molecule has 0 bridgehead atoms. The van der Waals surface area contributed by atoms with Crippen LogP contribution in [0, 0.1) is 39.2 Å². The normalized spacial score (nSPS) is 28.8. The number of fused-ring (bicyclic) bond motifs is 4. The maximum Gasteiger partial charge on any atom is 0.271 e. The molecule has 1 saturated carbocycles. The molecule has 6 atom stereocenters. The summed E-state index contributed by atoms with van der Waals surface area (Å²) >= 11 is 0. The molecular formula is C34H29N3O8. The number of nitrogens with zero attached hydrogens (tertiary/aromatic N) is 3. The zero-order valence-electron chi connectivity index (χ0n) is 24.5. The first-order valence-corrected chi connectivity index (χ1v) is 14.7. The van der Waals surface area contributed by atoms with Gasteiger partial charge in [-0.1, -0.05) is 42.0 Å². The molecule has 0 aromatic heterocycles. The fraction of sp³-hybridized carbons (Fsp3) is 0.294. The number of nitro groups is 1. The molecule has 2 saturated heterocycles. The summed E-state index contributed by atoms with van der Waals surface area (Å²) in [5.41, 5.74) is 0.123. The van der Waals surface area contributed by atoms with Gasteiger partial charge in [0.2, 0.25) is 23.6 Å². The van der Waals surface area contributed by atoms with Gasteiger partial charge in [-0.05, 0) is 49.9 Å². The average molecular weight is 608 g/mol. The van der Waals surface area contributed by atoms with Crippen molar-refractivity contribution in [1.29, 1.82) is 0 Å². The van der Waals surface area contributed by atoms with Crippen LogP contribution in [-0.4, -0.2) is 40.8 Å². The van der Waals surface area contributed by atoms with Gasteiger partial charge in [-0.3, -0.25) is 29.3 Å². The Kier molecular flexibility index (Phi) is 6.40. The van der Waals surface area contributed by atoms with Crippen LogP contribution in [0.5, 0.6) is 11.5 Å². The molecule has 0 unspecified atom stereocenters. The van der Waals surface area contributed by atoms with E-state index in [4.69, 9.17) is 4.74 Å². The predicted molar refractivity (Wildman–Crippen MR) is 161 cm³/mol. The number of carbonyl (C=O) groups excluding carboxylic acids is 4. The number of phenols is 1. The van der Waals surface area contributed by atoms with Crippen LogP contribution in [0.25, 0.3) is 0 Å². The molecule has 2 aliphatic carbocycles. The summed E-state index contributed by atoms with van der Waals surface area (Å²) in [6.45, 7) is 1.75. The highest BCUT2D eigenvalue weighted by Gasteiger charge is 2.68. The highest BCUT2D eigenvalue weighted by Crippen LogP contribution is 2.64. The SMILES string of the molecule is COc1ccc([C@H]2C3=CC[C@@H]4C(=O)N(c5cccc([N+](=O)[O-])c5)C(=O)[C@@H]4[C@@H]3C[C@H]3C(=O)N(c4ccccc4)C(=O)[C@@]23C)c(O)c1. The lowest BCUT2D eigenvalue weighted by molar-refractivity contribution is -0.384. The van der Waals surface area contributed by atoms with Crippen LogP contribution in [0.2, 0.25) is 0 Å². The van der Waals surface area contributed by atoms with Crippen molar-refractivity contribution in [2.75, 3.05) is 16.9 Å². The number of allylic oxidation sites excluding steroid dienone is 2. The fourth-order valence-electron chi connectivity index (χ4n) is 8.08. The fourth-order valence-corrected chi connectivity index (χ4v) is 8.08. The van der Waals surface area contributed by atoms with E-state index in [0.29, 0.717) is 22.6 Å². The van der Waals surface area contributed by atoms with Crippen LogP contribution in [0.15, 0.2) is 84.4 Å². The molecule has 0 radical (unpaired) electrons. The Bertz CT molecular complexity index is 1840. The van der Waals surface area contributed by atoms with Crippen LogP contribution < -0.4 is 14.5 Å². The highest BCUT2D eigenvalue weighted by molar-refractivity contribution is 6.25. The molecular weight excluding hydrogens is 578 g/mol. The van der Waals surface area contributed by atoms with Crippen LogP contribution in [0.4, 0.5) is 17.1 Å². The number of rotatable bonds is 5. The number of anilines is 2. The van der Waals surface area contributed by atoms with E-state index >= 15 is 0 Å². The van der Waals surface area contributed by atoms with E-state index in [1.165, 1.54) is 42.3 Å². The second-order valence-corrected chi connectivity index (χ2v) is 12.2. The Hall–Kier alpha value is -5.32. The Morgan fingerprint density at radius 3 is 2.31 bits per heavy atom. The van der Waals surface area contributed by atoms with E-state index in [1.807, 2.05) is 6.08 Å². The van der Waals surface area contributed by atoms with Crippen molar-refractivity contribution in [2.24, 2.45) is 29.1 Å². The van der Waals surface area contributed by atoms with Gasteiger partial charge in [0.1, 0.15) is 11.5 Å². The van der Waals surface area contributed by atoms with Gasteiger partial charge in [-0.2, -0.15) is 0 Å². The molecule has 4 aliphatic rings. The molecule has 11 nitrogen and oxygen atoms in total. The van der Waals surface area contributed by atoms with Crippen LogP contribution in [0.3, 0.4) is 0 Å². The Morgan fingerprint density at radius 2 is 1.62 bits per heavy atom. The number of amides is 4. The third-order valence-corrected chi connectivity index (χ3v) is 10.1. The summed E-state index contributed by atoms with van der Waals surface area (Å²) in [4.78, 5) is 69.6. The number of nitro benzene ring substituents is 1. The Labute approximate surface area is 257 Å². The maximum atomic E-state index is 14.4. The quantitative estimate of drug-likeness (QED) is 0.189. The molecule has 3 fully saturated rings. The lowest BCUT2D eigenvalue weighted by Gasteiger charge is -2.49. The van der Waals surface area contributed by atoms with Crippen LogP contribution >= 0.6 is 0 Å². The molecule has 11 heteroatoms. The molecule has 7 rings (SSSR count). The number of hydrogen-bond donors (Lipinski definition) is 1. The van der Waals surface area contributed by atoms with Gasteiger partial charge >= 0.3 is 0 Å². The predicted octanol–water partition coefficient (Wildman–Crippen LogP) is 4.74. The molecule has 45 heavy (non-hydrogen) atoms. The summed E-state index contributed by atoms with van der Waals surface area (Å²) in [7, 11) is 1.47. The van der Waals surface area contributed by atoms with Crippen molar-refractivity contribution in [3.05, 3.63) is 100 Å². The number of imide groups is 2. The molecule has 228 valence electrons. The number of phenolic OH excluding ortho intramolecular Hbond substituents is 1. The number of benzene rings is 3. The van der Waals surface area contributed by atoms with Crippen molar-refractivity contribution in [2.45, 2.75) is 25.7 Å². The zero-order chi connectivity index (χ0) is 31.8. The molecule has 0 spiro atoms. The van der Waals surface area contributed by atoms with E-state index in [0.717, 1.165) is 4.90 Å². The number of hydrogen-bond acceptors (Lipinski definition) is 8. The van der Waals surface area contributed by atoms with E-state index in [9.17, 15) is 34.4 Å². The third-order valence-electron chi connectivity index (χ3n) is 10.1. The topological polar surface area (TPSA) is 147 Å². The molecule has 1 N–H and O–H groups in total. The number of carbonyl (C=O) groups is 4. The van der Waals surface area contributed by atoms with E-state index in [-0.39, 0.29) is 30.0 Å². The van der Waals surface area contributed by atoms with Gasteiger partial charge in [0.15, 0.2) is 0 Å². The summed E-state index contributed by atoms with van der Waals surface area (Å²) in [5, 5.41) is 22.7. The zero-order valence-corrected chi connectivity index (χ0v) is 24.5. The summed E-state index contributed by atoms with van der Waals surface area (Å²) in [5.74, 6) is -5.30. The van der Waals surface area contributed by atoms with Gasteiger partial charge < -0.3 is 9.84 Å². The van der Waals surface area contributed by atoms with Gasteiger partial charge in [0.25, 0.3) is 5.69 Å². The summed E-state index contributed by atoms with van der Waals surface area (Å²) in [6, 6.07) is 18.9. The smallest absolute Gasteiger partial charge is 0.271 e. The summed E-state index contributed by atoms with van der Waals surface area (Å²) in [6.07, 6.45) is 2.23. The first-order valence-electron chi connectivity index (χ1n) is 14.7. The summed E-state index contributed by atoms with van der Waals surface area (Å²) < 4.78 is 5.29. The number of methoxy groups -OCH3 is 1. The minimum atomic E-state index is -1.31. The largest absolute Gasteiger partial charge is 0.508 e. The van der Waals surface area contributed by atoms with Crippen LogP contribution in [-0.2, 0) is 19.2 Å². The molecule has 4 amide bonds. The number of non-ortho nitro benzene ring substituents is 1. The average Bonchev–Trinajstić information content (AvgIpc) is 3.41.